The zero-order chi connectivity index (χ0) is 20.7. The lowest BCUT2D eigenvalue weighted by Gasteiger charge is -2.33. The Kier molecular flexibility index (Phi) is 5.49. The lowest BCUT2D eigenvalue weighted by molar-refractivity contribution is 0.271. The minimum Gasteiger partial charge on any atom is -0.207 e. The van der Waals surface area contributed by atoms with E-state index < -0.39 is 53.1 Å². The van der Waals surface area contributed by atoms with Gasteiger partial charge >= 0.3 is 0 Å². The monoisotopic (exact) mass is 438 g/mol. The minimum absolute atomic E-state index is 0.318. The molecule has 28 heavy (non-hydrogen) atoms. The number of hydrogen-bond donors (Lipinski definition) is 0. The second-order valence-electron chi connectivity index (χ2n) is 5.96. The molecule has 2 aromatic rings. The molecule has 3 rings (SSSR count). The molecular formula is C16H14F4N2O4S2. The fourth-order valence-corrected chi connectivity index (χ4v) is 5.73. The standard InChI is InChI=1S/C16H14F4N2O4S2/c17-11-1-3-15(13(19)9-11)27(23,24)21-5-7-22(8-6-21)28(25,26)16-4-2-12(18)10-14(16)20/h1-4,9-10H,5-8H2. The minimum atomic E-state index is -4.31. The number of sulfonamides is 2. The Hall–Kier alpha value is -2.02. The first kappa shape index (κ1) is 20.7. The molecule has 1 fully saturated rings. The second-order valence-corrected chi connectivity index (χ2v) is 9.77. The third-order valence-electron chi connectivity index (χ3n) is 4.22. The van der Waals surface area contributed by atoms with E-state index in [1.54, 1.807) is 0 Å². The van der Waals surface area contributed by atoms with Gasteiger partial charge < -0.3 is 0 Å². The summed E-state index contributed by atoms with van der Waals surface area (Å²) in [6, 6.07) is 4.05. The highest BCUT2D eigenvalue weighted by Crippen LogP contribution is 2.25. The summed E-state index contributed by atoms with van der Waals surface area (Å²) in [6.45, 7) is -1.27. The average Bonchev–Trinajstić information content (AvgIpc) is 2.61. The summed E-state index contributed by atoms with van der Waals surface area (Å²) in [4.78, 5) is -1.45. The molecule has 0 aliphatic carbocycles. The number of piperazine rings is 1. The Balaban J connectivity index is 1.80. The predicted molar refractivity (Wildman–Crippen MR) is 90.2 cm³/mol. The van der Waals surface area contributed by atoms with E-state index in [2.05, 4.69) is 0 Å². The fourth-order valence-electron chi connectivity index (χ4n) is 2.80. The van der Waals surface area contributed by atoms with Gasteiger partial charge in [0, 0.05) is 38.3 Å². The van der Waals surface area contributed by atoms with E-state index in [0.717, 1.165) is 32.9 Å². The molecule has 0 unspecified atom stereocenters. The highest BCUT2D eigenvalue weighted by molar-refractivity contribution is 7.89. The van der Waals surface area contributed by atoms with Crippen molar-refractivity contribution >= 4 is 20.0 Å². The fraction of sp³-hybridized carbons (Fsp3) is 0.250. The van der Waals surface area contributed by atoms with E-state index in [9.17, 15) is 34.4 Å². The van der Waals surface area contributed by atoms with Crippen LogP contribution in [-0.4, -0.2) is 51.6 Å². The Morgan fingerprint density at radius 2 is 0.929 bits per heavy atom. The van der Waals surface area contributed by atoms with Gasteiger partial charge in [0.15, 0.2) is 0 Å². The van der Waals surface area contributed by atoms with Gasteiger partial charge in [-0.25, -0.2) is 34.4 Å². The number of rotatable bonds is 4. The molecule has 0 aromatic heterocycles. The van der Waals surface area contributed by atoms with Crippen molar-refractivity contribution < 1.29 is 34.4 Å². The molecule has 1 saturated heterocycles. The summed E-state index contributed by atoms with van der Waals surface area (Å²) in [6.07, 6.45) is 0. The van der Waals surface area contributed by atoms with Gasteiger partial charge in [0.2, 0.25) is 20.0 Å². The van der Waals surface area contributed by atoms with Crippen molar-refractivity contribution in [1.82, 2.24) is 8.61 Å². The SMILES string of the molecule is O=S(=O)(c1ccc(F)cc1F)N1CCN(S(=O)(=O)c2ccc(F)cc2F)CC1. The van der Waals surface area contributed by atoms with Gasteiger partial charge in [0.1, 0.15) is 33.1 Å². The van der Waals surface area contributed by atoms with Crippen LogP contribution >= 0.6 is 0 Å². The molecule has 0 amide bonds. The maximum Gasteiger partial charge on any atom is 0.246 e. The molecule has 0 atom stereocenters. The van der Waals surface area contributed by atoms with Gasteiger partial charge in [0.05, 0.1) is 0 Å². The summed E-state index contributed by atoms with van der Waals surface area (Å²) in [7, 11) is -8.62. The Morgan fingerprint density at radius 3 is 1.21 bits per heavy atom. The van der Waals surface area contributed by atoms with E-state index in [1.165, 1.54) is 0 Å². The molecule has 1 aliphatic heterocycles. The van der Waals surface area contributed by atoms with Gasteiger partial charge in [-0.05, 0) is 24.3 Å². The number of hydrogen-bond acceptors (Lipinski definition) is 4. The third kappa shape index (κ3) is 3.77. The summed E-state index contributed by atoms with van der Waals surface area (Å²) in [5.74, 6) is -4.39. The van der Waals surface area contributed by atoms with Crippen molar-refractivity contribution in [2.45, 2.75) is 9.79 Å². The van der Waals surface area contributed by atoms with Crippen LogP contribution in [0.5, 0.6) is 0 Å². The second kappa shape index (κ2) is 7.43. The van der Waals surface area contributed by atoms with E-state index in [-0.39, 0.29) is 26.2 Å². The largest absolute Gasteiger partial charge is 0.246 e. The van der Waals surface area contributed by atoms with E-state index in [4.69, 9.17) is 0 Å². The average molecular weight is 438 g/mol. The molecule has 152 valence electrons. The molecule has 2 aromatic carbocycles. The Labute approximate surface area is 159 Å². The zero-order valence-corrected chi connectivity index (χ0v) is 15.8. The number of nitrogens with zero attached hydrogens (tertiary/aromatic N) is 2. The van der Waals surface area contributed by atoms with E-state index in [1.807, 2.05) is 0 Å². The molecule has 0 saturated carbocycles. The van der Waals surface area contributed by atoms with Gasteiger partial charge in [-0.3, -0.25) is 0 Å². The highest BCUT2D eigenvalue weighted by Gasteiger charge is 2.36. The van der Waals surface area contributed by atoms with Crippen molar-refractivity contribution in [2.75, 3.05) is 26.2 Å². The molecule has 0 spiro atoms. The quantitative estimate of drug-likeness (QED) is 0.684. The van der Waals surface area contributed by atoms with Crippen molar-refractivity contribution in [3.05, 3.63) is 59.7 Å². The molecule has 6 nitrogen and oxygen atoms in total. The number of benzene rings is 2. The first-order chi connectivity index (χ1) is 13.0. The van der Waals surface area contributed by atoms with Crippen LogP contribution in [0.2, 0.25) is 0 Å². The summed E-state index contributed by atoms with van der Waals surface area (Å²) in [5, 5.41) is 0. The van der Waals surface area contributed by atoms with Gasteiger partial charge in [-0.1, -0.05) is 0 Å². The lowest BCUT2D eigenvalue weighted by atomic mass is 10.3. The van der Waals surface area contributed by atoms with Crippen molar-refractivity contribution in [3.8, 4) is 0 Å². The molecular weight excluding hydrogens is 424 g/mol. The van der Waals surface area contributed by atoms with Crippen LogP contribution < -0.4 is 0 Å². The molecule has 1 heterocycles. The van der Waals surface area contributed by atoms with Crippen molar-refractivity contribution in [3.63, 3.8) is 0 Å². The molecule has 0 bridgehead atoms. The maximum absolute atomic E-state index is 13.8. The topological polar surface area (TPSA) is 74.8 Å². The van der Waals surface area contributed by atoms with Crippen molar-refractivity contribution in [2.24, 2.45) is 0 Å². The summed E-state index contributed by atoms with van der Waals surface area (Å²) >= 11 is 0. The first-order valence-corrected chi connectivity index (χ1v) is 10.8. The maximum atomic E-state index is 13.8. The van der Waals surface area contributed by atoms with E-state index in [0.29, 0.717) is 12.1 Å². The number of halogens is 4. The highest BCUT2D eigenvalue weighted by atomic mass is 32.2. The lowest BCUT2D eigenvalue weighted by Crippen LogP contribution is -2.50. The molecule has 0 N–H and O–H groups in total. The van der Waals surface area contributed by atoms with Crippen LogP contribution in [0.25, 0.3) is 0 Å². The molecule has 0 radical (unpaired) electrons. The first-order valence-electron chi connectivity index (χ1n) is 7.94. The van der Waals surface area contributed by atoms with Crippen molar-refractivity contribution in [1.29, 1.82) is 0 Å². The third-order valence-corrected chi connectivity index (χ3v) is 8.08. The summed E-state index contributed by atoms with van der Waals surface area (Å²) in [5.41, 5.74) is 0. The van der Waals surface area contributed by atoms with Crippen LogP contribution in [0.4, 0.5) is 17.6 Å². The zero-order valence-electron chi connectivity index (χ0n) is 14.1. The Bertz CT molecular complexity index is 1030. The predicted octanol–water partition coefficient (Wildman–Crippen LogP) is 1.94. The van der Waals surface area contributed by atoms with Crippen LogP contribution in [0.3, 0.4) is 0 Å². The smallest absolute Gasteiger partial charge is 0.207 e. The van der Waals surface area contributed by atoms with Crippen LogP contribution in [0.1, 0.15) is 0 Å². The van der Waals surface area contributed by atoms with Gasteiger partial charge in [-0.2, -0.15) is 8.61 Å². The molecule has 1 aliphatic rings. The summed E-state index contributed by atoms with van der Waals surface area (Å²) < 4.78 is 106. The normalized spacial score (nSPS) is 17.0. The van der Waals surface area contributed by atoms with Crippen LogP contribution in [-0.2, 0) is 20.0 Å². The van der Waals surface area contributed by atoms with Gasteiger partial charge in [0.25, 0.3) is 0 Å². The van der Waals surface area contributed by atoms with Crippen LogP contribution in [0.15, 0.2) is 46.2 Å². The Morgan fingerprint density at radius 1 is 0.607 bits per heavy atom. The van der Waals surface area contributed by atoms with Gasteiger partial charge in [-0.15, -0.1) is 0 Å². The van der Waals surface area contributed by atoms with Crippen LogP contribution in [0, 0.1) is 23.3 Å². The van der Waals surface area contributed by atoms with E-state index >= 15 is 0 Å². The molecule has 12 heteroatoms.